The van der Waals surface area contributed by atoms with Crippen LogP contribution in [0.25, 0.3) is 5.82 Å². The molecule has 0 atom stereocenters. The van der Waals surface area contributed by atoms with Crippen LogP contribution in [-0.2, 0) is 13.1 Å². The highest BCUT2D eigenvalue weighted by atomic mass is 127. The maximum Gasteiger partial charge on any atom is 0.191 e. The van der Waals surface area contributed by atoms with E-state index in [4.69, 9.17) is 4.52 Å². The van der Waals surface area contributed by atoms with Crippen molar-refractivity contribution in [3.8, 4) is 5.82 Å². The van der Waals surface area contributed by atoms with Crippen LogP contribution in [0.1, 0.15) is 49.5 Å². The molecule has 0 aliphatic heterocycles. The van der Waals surface area contributed by atoms with Gasteiger partial charge in [0.1, 0.15) is 11.6 Å². The number of aliphatic imine (C=N–C) groups is 1. The second kappa shape index (κ2) is 10.9. The number of imidazole rings is 1. The highest BCUT2D eigenvalue weighted by Gasteiger charge is 2.08. The maximum atomic E-state index is 5.36. The number of nitrogens with zero attached hydrogens (tertiary/aromatic N) is 5. The lowest BCUT2D eigenvalue weighted by atomic mass is 10.1. The van der Waals surface area contributed by atoms with Crippen molar-refractivity contribution in [2.45, 2.75) is 46.7 Å². The van der Waals surface area contributed by atoms with Gasteiger partial charge in [0, 0.05) is 31.2 Å². The van der Waals surface area contributed by atoms with E-state index in [1.807, 2.05) is 49.0 Å². The van der Waals surface area contributed by atoms with E-state index in [9.17, 15) is 0 Å². The second-order valence-corrected chi connectivity index (χ2v) is 6.79. The quantitative estimate of drug-likeness (QED) is 0.288. The van der Waals surface area contributed by atoms with Crippen molar-refractivity contribution in [2.75, 3.05) is 6.54 Å². The van der Waals surface area contributed by atoms with Crippen LogP contribution in [0.5, 0.6) is 0 Å². The molecule has 3 aromatic rings. The Morgan fingerprint density at radius 1 is 1.24 bits per heavy atom. The Kier molecular flexibility index (Phi) is 8.62. The summed E-state index contributed by atoms with van der Waals surface area (Å²) in [6, 6.07) is 5.98. The summed E-state index contributed by atoms with van der Waals surface area (Å²) in [5.41, 5.74) is 1.98. The van der Waals surface area contributed by atoms with Crippen molar-refractivity contribution in [3.05, 3.63) is 59.6 Å². The Morgan fingerprint density at radius 3 is 2.66 bits per heavy atom. The SMILES string of the molecule is CCNC(=NCc1ccc(-n2ccnc2C)nc1)NCc1cc(C(C)C)no1.I. The van der Waals surface area contributed by atoms with Crippen LogP contribution in [0.4, 0.5) is 0 Å². The summed E-state index contributed by atoms with van der Waals surface area (Å²) < 4.78 is 7.31. The van der Waals surface area contributed by atoms with Crippen molar-refractivity contribution in [1.29, 1.82) is 0 Å². The average Bonchev–Trinajstić information content (AvgIpc) is 3.33. The largest absolute Gasteiger partial charge is 0.359 e. The number of halogens is 1. The van der Waals surface area contributed by atoms with E-state index in [2.05, 4.69) is 44.6 Å². The minimum absolute atomic E-state index is 0. The van der Waals surface area contributed by atoms with Gasteiger partial charge < -0.3 is 15.2 Å². The van der Waals surface area contributed by atoms with Crippen LogP contribution >= 0.6 is 24.0 Å². The Morgan fingerprint density at radius 2 is 2.07 bits per heavy atom. The van der Waals surface area contributed by atoms with Gasteiger partial charge in [-0.05, 0) is 31.4 Å². The molecular weight excluding hydrogens is 481 g/mol. The van der Waals surface area contributed by atoms with E-state index in [0.29, 0.717) is 19.0 Å². The standard InChI is InChI=1S/C20H27N7O.HI/c1-5-21-20(25-13-17-10-18(14(2)3)26-28-17)24-12-16-6-7-19(23-11-16)27-9-8-22-15(27)4;/h6-11,14H,5,12-13H2,1-4H3,(H2,21,24,25);1H. The van der Waals surface area contributed by atoms with Crippen LogP contribution in [0.15, 0.2) is 46.3 Å². The first-order valence-electron chi connectivity index (χ1n) is 9.49. The molecule has 29 heavy (non-hydrogen) atoms. The average molecular weight is 509 g/mol. The van der Waals surface area contributed by atoms with Crippen molar-refractivity contribution in [2.24, 2.45) is 4.99 Å². The summed E-state index contributed by atoms with van der Waals surface area (Å²) in [5.74, 6) is 3.61. The molecule has 3 aromatic heterocycles. The van der Waals surface area contributed by atoms with Gasteiger partial charge in [0.2, 0.25) is 0 Å². The van der Waals surface area contributed by atoms with Crippen molar-refractivity contribution in [3.63, 3.8) is 0 Å². The molecule has 0 aromatic carbocycles. The zero-order valence-corrected chi connectivity index (χ0v) is 19.5. The van der Waals surface area contributed by atoms with Crippen molar-refractivity contribution >= 4 is 29.9 Å². The molecule has 3 heterocycles. The molecule has 8 nitrogen and oxygen atoms in total. The number of guanidine groups is 1. The van der Waals surface area contributed by atoms with Gasteiger partial charge in [-0.2, -0.15) is 0 Å². The zero-order chi connectivity index (χ0) is 19.9. The molecule has 0 amide bonds. The smallest absolute Gasteiger partial charge is 0.191 e. The fourth-order valence-electron chi connectivity index (χ4n) is 2.64. The van der Waals surface area contributed by atoms with Crippen LogP contribution in [-0.4, -0.2) is 32.2 Å². The monoisotopic (exact) mass is 509 g/mol. The molecule has 0 fully saturated rings. The first-order valence-corrected chi connectivity index (χ1v) is 9.49. The fourth-order valence-corrected chi connectivity index (χ4v) is 2.64. The number of rotatable bonds is 7. The lowest BCUT2D eigenvalue weighted by Crippen LogP contribution is -2.36. The van der Waals surface area contributed by atoms with Gasteiger partial charge in [-0.25, -0.2) is 15.0 Å². The topological polar surface area (TPSA) is 93.2 Å². The maximum absolute atomic E-state index is 5.36. The van der Waals surface area contributed by atoms with Gasteiger partial charge in [0.05, 0.1) is 18.8 Å². The Labute approximate surface area is 188 Å². The number of hydrogen-bond acceptors (Lipinski definition) is 5. The third kappa shape index (κ3) is 6.28. The molecule has 0 saturated heterocycles. The van der Waals surface area contributed by atoms with Crippen molar-refractivity contribution < 1.29 is 4.52 Å². The Bertz CT molecular complexity index is 915. The van der Waals surface area contributed by atoms with Gasteiger partial charge in [-0.3, -0.25) is 4.57 Å². The van der Waals surface area contributed by atoms with Crippen LogP contribution < -0.4 is 10.6 Å². The molecular formula is C20H28IN7O. The lowest BCUT2D eigenvalue weighted by molar-refractivity contribution is 0.372. The van der Waals surface area contributed by atoms with Gasteiger partial charge in [0.15, 0.2) is 11.7 Å². The molecule has 9 heteroatoms. The van der Waals surface area contributed by atoms with E-state index < -0.39 is 0 Å². The number of aromatic nitrogens is 4. The van der Waals surface area contributed by atoms with E-state index in [1.54, 1.807) is 6.20 Å². The highest BCUT2D eigenvalue weighted by Crippen LogP contribution is 2.13. The van der Waals surface area contributed by atoms with E-state index in [-0.39, 0.29) is 24.0 Å². The number of nitrogens with one attached hydrogen (secondary N) is 2. The summed E-state index contributed by atoms with van der Waals surface area (Å²) in [6.07, 6.45) is 5.51. The van der Waals surface area contributed by atoms with E-state index >= 15 is 0 Å². The minimum atomic E-state index is 0. The molecule has 0 unspecified atom stereocenters. The highest BCUT2D eigenvalue weighted by molar-refractivity contribution is 14.0. The molecule has 0 saturated carbocycles. The van der Waals surface area contributed by atoms with Gasteiger partial charge in [-0.15, -0.1) is 24.0 Å². The van der Waals surface area contributed by atoms with Crippen LogP contribution in [0, 0.1) is 6.92 Å². The summed E-state index contributed by atoms with van der Waals surface area (Å²) in [4.78, 5) is 13.4. The number of hydrogen-bond donors (Lipinski definition) is 2. The molecule has 0 aliphatic carbocycles. The van der Waals surface area contributed by atoms with Gasteiger partial charge in [0.25, 0.3) is 0 Å². The molecule has 0 aliphatic rings. The lowest BCUT2D eigenvalue weighted by Gasteiger charge is -2.10. The molecule has 0 bridgehead atoms. The minimum Gasteiger partial charge on any atom is -0.359 e. The number of aryl methyl sites for hydroxylation is 1. The summed E-state index contributed by atoms with van der Waals surface area (Å²) >= 11 is 0. The molecule has 156 valence electrons. The fraction of sp³-hybridized carbons (Fsp3) is 0.400. The normalized spacial score (nSPS) is 11.4. The first-order chi connectivity index (χ1) is 13.6. The molecule has 0 radical (unpaired) electrons. The molecule has 0 spiro atoms. The number of pyridine rings is 1. The van der Waals surface area contributed by atoms with E-state index in [0.717, 1.165) is 41.2 Å². The third-order valence-corrected chi connectivity index (χ3v) is 4.24. The van der Waals surface area contributed by atoms with E-state index in [1.165, 1.54) is 0 Å². The second-order valence-electron chi connectivity index (χ2n) is 6.79. The Hall–Kier alpha value is -2.43. The zero-order valence-electron chi connectivity index (χ0n) is 17.2. The van der Waals surface area contributed by atoms with Crippen LogP contribution in [0.2, 0.25) is 0 Å². The molecule has 2 N–H and O–H groups in total. The van der Waals surface area contributed by atoms with Gasteiger partial charge >= 0.3 is 0 Å². The Balaban J connectivity index is 0.00000300. The first kappa shape index (κ1) is 22.9. The predicted molar refractivity (Wildman–Crippen MR) is 124 cm³/mol. The molecule has 3 rings (SSSR count). The predicted octanol–water partition coefficient (Wildman–Crippen LogP) is 3.56. The van der Waals surface area contributed by atoms with Crippen LogP contribution in [0.3, 0.4) is 0 Å². The van der Waals surface area contributed by atoms with Crippen molar-refractivity contribution in [1.82, 2.24) is 30.3 Å². The third-order valence-electron chi connectivity index (χ3n) is 4.24. The summed E-state index contributed by atoms with van der Waals surface area (Å²) in [6.45, 7) is 10.00. The summed E-state index contributed by atoms with van der Waals surface area (Å²) in [7, 11) is 0. The summed E-state index contributed by atoms with van der Waals surface area (Å²) in [5, 5.41) is 10.6. The van der Waals surface area contributed by atoms with Gasteiger partial charge in [-0.1, -0.05) is 25.1 Å².